The molecule has 0 aliphatic rings. The lowest BCUT2D eigenvalue weighted by Gasteiger charge is -2.13. The molecule has 0 amide bonds. The van der Waals surface area contributed by atoms with Gasteiger partial charge in [0.05, 0.1) is 23.6 Å². The van der Waals surface area contributed by atoms with Crippen LogP contribution in [0.5, 0.6) is 0 Å². The number of imidazole rings is 1. The molecule has 110 valence electrons. The van der Waals surface area contributed by atoms with Crippen molar-refractivity contribution in [3.8, 4) is 0 Å². The molecule has 0 fully saturated rings. The molecule has 3 aromatic rings. The maximum absolute atomic E-state index is 4.63. The van der Waals surface area contributed by atoms with Crippen molar-refractivity contribution in [3.05, 3.63) is 50.2 Å². The Balaban J connectivity index is 1.94. The molecule has 1 aromatic carbocycles. The molecule has 0 unspecified atom stereocenters. The van der Waals surface area contributed by atoms with Crippen LogP contribution in [-0.2, 0) is 6.54 Å². The van der Waals surface area contributed by atoms with E-state index in [9.17, 15) is 0 Å². The van der Waals surface area contributed by atoms with Crippen molar-refractivity contribution in [1.29, 1.82) is 0 Å². The van der Waals surface area contributed by atoms with Gasteiger partial charge in [0.25, 0.3) is 0 Å². The van der Waals surface area contributed by atoms with Crippen molar-refractivity contribution in [2.24, 2.45) is 0 Å². The molecule has 0 radical (unpaired) electrons. The molecule has 3 rings (SSSR count). The Morgan fingerprint density at radius 2 is 2.00 bits per heavy atom. The molecule has 0 bridgehead atoms. The topological polar surface area (TPSA) is 29.3 Å². The van der Waals surface area contributed by atoms with Gasteiger partial charge in [-0.1, -0.05) is 6.07 Å². The maximum Gasteiger partial charge on any atom is 0.194 e. The predicted octanol–water partition coefficient (Wildman–Crippen LogP) is 5.00. The number of nitrogens with zero attached hydrogens (tertiary/aromatic N) is 2. The summed E-state index contributed by atoms with van der Waals surface area (Å²) < 4.78 is 3.35. The quantitative estimate of drug-likeness (QED) is 0.708. The molecule has 2 heterocycles. The highest BCUT2D eigenvalue weighted by atomic mass is 79.9. The number of thiazole rings is 1. The number of anilines is 1. The van der Waals surface area contributed by atoms with Crippen LogP contribution in [0.25, 0.3) is 4.96 Å². The maximum atomic E-state index is 4.63. The zero-order valence-electron chi connectivity index (χ0n) is 12.6. The molecule has 0 saturated heterocycles. The van der Waals surface area contributed by atoms with Crippen molar-refractivity contribution in [2.45, 2.75) is 34.2 Å². The van der Waals surface area contributed by atoms with Gasteiger partial charge in [-0.05, 0) is 60.8 Å². The molecule has 2 aromatic heterocycles. The molecule has 0 atom stereocenters. The number of halogens is 1. The van der Waals surface area contributed by atoms with E-state index in [-0.39, 0.29) is 0 Å². The van der Waals surface area contributed by atoms with Gasteiger partial charge in [-0.15, -0.1) is 11.3 Å². The zero-order chi connectivity index (χ0) is 15.1. The second-order valence-corrected chi connectivity index (χ2v) is 7.12. The van der Waals surface area contributed by atoms with Crippen LogP contribution >= 0.6 is 27.3 Å². The molecule has 3 nitrogen and oxygen atoms in total. The van der Waals surface area contributed by atoms with E-state index in [1.54, 1.807) is 11.3 Å². The highest BCUT2D eigenvalue weighted by molar-refractivity contribution is 9.10. The molecular formula is C16H18BrN3S. The largest absolute Gasteiger partial charge is 0.378 e. The summed E-state index contributed by atoms with van der Waals surface area (Å²) >= 11 is 5.35. The summed E-state index contributed by atoms with van der Waals surface area (Å²) in [6.45, 7) is 9.22. The van der Waals surface area contributed by atoms with E-state index in [1.165, 1.54) is 22.5 Å². The fraction of sp³-hybridized carbons (Fsp3) is 0.312. The number of hydrogen-bond acceptors (Lipinski definition) is 3. The second kappa shape index (κ2) is 5.46. The Hall–Kier alpha value is -1.33. The number of aryl methyl sites for hydroxylation is 4. The van der Waals surface area contributed by atoms with Crippen LogP contribution in [-0.4, -0.2) is 9.38 Å². The summed E-state index contributed by atoms with van der Waals surface area (Å²) in [5.74, 6) is 0. The van der Waals surface area contributed by atoms with E-state index in [4.69, 9.17) is 0 Å². The highest BCUT2D eigenvalue weighted by Gasteiger charge is 2.13. The fourth-order valence-electron chi connectivity index (χ4n) is 2.69. The van der Waals surface area contributed by atoms with Crippen molar-refractivity contribution in [2.75, 3.05) is 5.32 Å². The van der Waals surface area contributed by atoms with Gasteiger partial charge in [-0.25, -0.2) is 4.98 Å². The van der Waals surface area contributed by atoms with Crippen LogP contribution in [0.4, 0.5) is 5.69 Å². The lowest BCUT2D eigenvalue weighted by Crippen LogP contribution is -2.06. The van der Waals surface area contributed by atoms with E-state index >= 15 is 0 Å². The first-order valence-electron chi connectivity index (χ1n) is 6.90. The number of nitrogens with one attached hydrogen (secondary N) is 1. The third-order valence-corrected chi connectivity index (χ3v) is 5.26. The van der Waals surface area contributed by atoms with Crippen LogP contribution < -0.4 is 5.32 Å². The summed E-state index contributed by atoms with van der Waals surface area (Å²) in [6, 6.07) is 4.34. The minimum Gasteiger partial charge on any atom is -0.378 e. The molecule has 0 aliphatic carbocycles. The SMILES string of the molecule is Cc1cc(C)c(NCc2c(C)nc3scc(C)n23)c(Br)c1. The third-order valence-electron chi connectivity index (χ3n) is 3.69. The van der Waals surface area contributed by atoms with Crippen molar-refractivity contribution < 1.29 is 0 Å². The normalized spacial score (nSPS) is 11.3. The monoisotopic (exact) mass is 363 g/mol. The first-order chi connectivity index (χ1) is 9.97. The molecule has 1 N–H and O–H groups in total. The van der Waals surface area contributed by atoms with Gasteiger partial charge < -0.3 is 5.32 Å². The Morgan fingerprint density at radius 1 is 1.24 bits per heavy atom. The minimum atomic E-state index is 0.771. The van der Waals surface area contributed by atoms with Crippen molar-refractivity contribution >= 4 is 37.9 Å². The molecule has 21 heavy (non-hydrogen) atoms. The van der Waals surface area contributed by atoms with E-state index in [2.05, 4.69) is 75.8 Å². The summed E-state index contributed by atoms with van der Waals surface area (Å²) in [4.78, 5) is 5.71. The van der Waals surface area contributed by atoms with E-state index in [0.29, 0.717) is 0 Å². The van der Waals surface area contributed by atoms with Crippen molar-refractivity contribution in [1.82, 2.24) is 9.38 Å². The van der Waals surface area contributed by atoms with Gasteiger partial charge in [0.2, 0.25) is 0 Å². The second-order valence-electron chi connectivity index (χ2n) is 5.43. The average Bonchev–Trinajstić information content (AvgIpc) is 2.89. The lowest BCUT2D eigenvalue weighted by atomic mass is 10.1. The van der Waals surface area contributed by atoms with E-state index in [1.807, 2.05) is 0 Å². The molecule has 0 aliphatic heterocycles. The number of hydrogen-bond donors (Lipinski definition) is 1. The summed E-state index contributed by atoms with van der Waals surface area (Å²) in [5.41, 5.74) is 7.24. The van der Waals surface area contributed by atoms with Crippen LogP contribution in [0, 0.1) is 27.7 Å². The Labute approximate surface area is 137 Å². The Kier molecular flexibility index (Phi) is 3.80. The fourth-order valence-corrected chi connectivity index (χ4v) is 4.43. The van der Waals surface area contributed by atoms with Gasteiger partial charge in [0, 0.05) is 15.5 Å². The van der Waals surface area contributed by atoms with Crippen LogP contribution in [0.2, 0.25) is 0 Å². The standard InChI is InChI=1S/C16H18BrN3S/c1-9-5-10(2)15(13(17)6-9)18-7-14-12(4)19-16-20(14)11(3)8-21-16/h5-6,8,18H,7H2,1-4H3. The highest BCUT2D eigenvalue weighted by Crippen LogP contribution is 2.29. The van der Waals surface area contributed by atoms with Gasteiger partial charge >= 0.3 is 0 Å². The molecule has 0 saturated carbocycles. The summed E-state index contributed by atoms with van der Waals surface area (Å²) in [5, 5.41) is 5.71. The Morgan fingerprint density at radius 3 is 2.71 bits per heavy atom. The minimum absolute atomic E-state index is 0.771. The zero-order valence-corrected chi connectivity index (χ0v) is 15.0. The average molecular weight is 364 g/mol. The summed E-state index contributed by atoms with van der Waals surface area (Å²) in [6.07, 6.45) is 0. The van der Waals surface area contributed by atoms with Crippen LogP contribution in [0.3, 0.4) is 0 Å². The molecular weight excluding hydrogens is 346 g/mol. The third kappa shape index (κ3) is 2.60. The van der Waals surface area contributed by atoms with E-state index < -0.39 is 0 Å². The predicted molar refractivity (Wildman–Crippen MR) is 93.5 cm³/mol. The van der Waals surface area contributed by atoms with Gasteiger partial charge in [-0.2, -0.15) is 0 Å². The molecule has 5 heteroatoms. The van der Waals surface area contributed by atoms with Gasteiger partial charge in [0.1, 0.15) is 0 Å². The lowest BCUT2D eigenvalue weighted by molar-refractivity contribution is 0.963. The van der Waals surface area contributed by atoms with E-state index in [0.717, 1.165) is 27.4 Å². The Bertz CT molecular complexity index is 793. The molecule has 0 spiro atoms. The summed E-state index contributed by atoms with van der Waals surface area (Å²) in [7, 11) is 0. The van der Waals surface area contributed by atoms with Crippen molar-refractivity contribution in [3.63, 3.8) is 0 Å². The number of fused-ring (bicyclic) bond motifs is 1. The number of benzene rings is 1. The van der Waals surface area contributed by atoms with Gasteiger partial charge in [0.15, 0.2) is 4.96 Å². The van der Waals surface area contributed by atoms with Crippen LogP contribution in [0.15, 0.2) is 22.0 Å². The van der Waals surface area contributed by atoms with Crippen LogP contribution in [0.1, 0.15) is 28.2 Å². The first-order valence-corrected chi connectivity index (χ1v) is 8.57. The first kappa shape index (κ1) is 14.6. The number of aromatic nitrogens is 2. The smallest absolute Gasteiger partial charge is 0.194 e. The number of rotatable bonds is 3. The van der Waals surface area contributed by atoms with Gasteiger partial charge in [-0.3, -0.25) is 4.40 Å².